The summed E-state index contributed by atoms with van der Waals surface area (Å²) in [7, 11) is 1.21. The van der Waals surface area contributed by atoms with E-state index in [9.17, 15) is 13.2 Å². The highest BCUT2D eigenvalue weighted by atomic mass is 35.7. The SMILES string of the molecule is O=C(O)c1ccc(OC2CCOC2)c(S(=O)(=O)Cl)c1. The van der Waals surface area contributed by atoms with Crippen LogP contribution in [0.15, 0.2) is 23.1 Å². The Labute approximate surface area is 114 Å². The first-order valence-electron chi connectivity index (χ1n) is 5.44. The van der Waals surface area contributed by atoms with Gasteiger partial charge in [-0.15, -0.1) is 0 Å². The number of ether oxygens (including phenoxy) is 2. The first kappa shape index (κ1) is 14.1. The van der Waals surface area contributed by atoms with Crippen molar-refractivity contribution in [2.75, 3.05) is 13.2 Å². The van der Waals surface area contributed by atoms with Gasteiger partial charge in [0.15, 0.2) is 0 Å². The third kappa shape index (κ3) is 3.37. The second-order valence-electron chi connectivity index (χ2n) is 4.01. The Morgan fingerprint density at radius 3 is 2.74 bits per heavy atom. The Kier molecular flexibility index (Phi) is 3.98. The molecule has 1 aliphatic rings. The minimum absolute atomic E-state index is 0.0375. The summed E-state index contributed by atoms with van der Waals surface area (Å²) >= 11 is 0. The van der Waals surface area contributed by atoms with Gasteiger partial charge in [-0.3, -0.25) is 0 Å². The molecular formula is C11H11ClO6S. The van der Waals surface area contributed by atoms with Gasteiger partial charge in [0.1, 0.15) is 16.7 Å². The lowest BCUT2D eigenvalue weighted by atomic mass is 10.2. The summed E-state index contributed by atoms with van der Waals surface area (Å²) in [4.78, 5) is 10.5. The van der Waals surface area contributed by atoms with Gasteiger partial charge in [0.05, 0.1) is 18.8 Å². The molecule has 19 heavy (non-hydrogen) atoms. The highest BCUT2D eigenvalue weighted by Gasteiger charge is 2.24. The largest absolute Gasteiger partial charge is 0.487 e. The van der Waals surface area contributed by atoms with E-state index >= 15 is 0 Å². The van der Waals surface area contributed by atoms with E-state index in [1.165, 1.54) is 12.1 Å². The van der Waals surface area contributed by atoms with E-state index in [4.69, 9.17) is 25.3 Å². The zero-order valence-electron chi connectivity index (χ0n) is 9.71. The summed E-state index contributed by atoms with van der Waals surface area (Å²) in [5, 5.41) is 8.85. The van der Waals surface area contributed by atoms with Crippen molar-refractivity contribution in [3.8, 4) is 5.75 Å². The fourth-order valence-electron chi connectivity index (χ4n) is 1.71. The van der Waals surface area contributed by atoms with Crippen LogP contribution in [0.1, 0.15) is 16.8 Å². The van der Waals surface area contributed by atoms with Crippen LogP contribution in [0, 0.1) is 0 Å². The van der Waals surface area contributed by atoms with E-state index in [0.29, 0.717) is 19.6 Å². The normalized spacial score (nSPS) is 19.3. The number of carbonyl (C=O) groups is 1. The van der Waals surface area contributed by atoms with Gasteiger partial charge < -0.3 is 14.6 Å². The van der Waals surface area contributed by atoms with E-state index in [1.54, 1.807) is 0 Å². The molecule has 0 amide bonds. The third-order valence-electron chi connectivity index (χ3n) is 2.63. The fourth-order valence-corrected chi connectivity index (χ4v) is 2.70. The van der Waals surface area contributed by atoms with E-state index in [0.717, 1.165) is 6.07 Å². The number of aromatic carboxylic acids is 1. The van der Waals surface area contributed by atoms with Crippen molar-refractivity contribution in [3.63, 3.8) is 0 Å². The maximum Gasteiger partial charge on any atom is 0.335 e. The molecule has 1 unspecified atom stereocenters. The minimum atomic E-state index is -4.09. The van der Waals surface area contributed by atoms with Crippen molar-refractivity contribution >= 4 is 25.7 Å². The molecule has 1 aromatic rings. The Morgan fingerprint density at radius 2 is 2.21 bits per heavy atom. The molecule has 104 valence electrons. The molecule has 0 aliphatic carbocycles. The summed E-state index contributed by atoms with van der Waals surface area (Å²) < 4.78 is 33.5. The molecule has 8 heteroatoms. The molecule has 1 heterocycles. The van der Waals surface area contributed by atoms with Crippen molar-refractivity contribution in [1.82, 2.24) is 0 Å². The van der Waals surface area contributed by atoms with Crippen LogP contribution in [-0.4, -0.2) is 38.8 Å². The lowest BCUT2D eigenvalue weighted by Crippen LogP contribution is -2.17. The third-order valence-corrected chi connectivity index (χ3v) is 3.98. The first-order chi connectivity index (χ1) is 8.88. The standard InChI is InChI=1S/C11H11ClO6S/c12-19(15,16)10-5-7(11(13)14)1-2-9(10)18-8-3-4-17-6-8/h1-2,5,8H,3-4,6H2,(H,13,14). The molecule has 1 fully saturated rings. The number of rotatable bonds is 4. The molecule has 1 N–H and O–H groups in total. The number of carboxylic acid groups (broad SMARTS) is 1. The average molecular weight is 307 g/mol. The van der Waals surface area contributed by atoms with E-state index < -0.39 is 15.0 Å². The Morgan fingerprint density at radius 1 is 1.47 bits per heavy atom. The van der Waals surface area contributed by atoms with Crippen LogP contribution < -0.4 is 4.74 Å². The van der Waals surface area contributed by atoms with Gasteiger partial charge in [0, 0.05) is 17.1 Å². The fraction of sp³-hybridized carbons (Fsp3) is 0.364. The molecule has 2 rings (SSSR count). The van der Waals surface area contributed by atoms with Gasteiger partial charge in [-0.25, -0.2) is 13.2 Å². The molecule has 0 spiro atoms. The molecule has 0 saturated carbocycles. The predicted octanol–water partition coefficient (Wildman–Crippen LogP) is 1.48. The van der Waals surface area contributed by atoms with Crippen LogP contribution in [0.3, 0.4) is 0 Å². The molecule has 1 saturated heterocycles. The number of halogens is 1. The van der Waals surface area contributed by atoms with Crippen LogP contribution in [-0.2, 0) is 13.8 Å². The van der Waals surface area contributed by atoms with Gasteiger partial charge >= 0.3 is 5.97 Å². The van der Waals surface area contributed by atoms with Crippen LogP contribution in [0.25, 0.3) is 0 Å². The molecule has 6 nitrogen and oxygen atoms in total. The van der Waals surface area contributed by atoms with Crippen molar-refractivity contribution in [2.24, 2.45) is 0 Å². The van der Waals surface area contributed by atoms with Crippen molar-refractivity contribution in [3.05, 3.63) is 23.8 Å². The van der Waals surface area contributed by atoms with Crippen LogP contribution >= 0.6 is 10.7 Å². The van der Waals surface area contributed by atoms with Gasteiger partial charge in [-0.1, -0.05) is 0 Å². The minimum Gasteiger partial charge on any atom is -0.487 e. The number of hydrogen-bond acceptors (Lipinski definition) is 5. The molecular weight excluding hydrogens is 296 g/mol. The second kappa shape index (κ2) is 5.36. The summed E-state index contributed by atoms with van der Waals surface area (Å²) in [5.41, 5.74) is -0.172. The maximum absolute atomic E-state index is 11.5. The quantitative estimate of drug-likeness (QED) is 0.847. The van der Waals surface area contributed by atoms with Crippen molar-refractivity contribution < 1.29 is 27.8 Å². The predicted molar refractivity (Wildman–Crippen MR) is 66.3 cm³/mol. The highest BCUT2D eigenvalue weighted by molar-refractivity contribution is 8.13. The van der Waals surface area contributed by atoms with Gasteiger partial charge in [0.2, 0.25) is 0 Å². The second-order valence-corrected chi connectivity index (χ2v) is 6.54. The Bertz CT molecular complexity index is 591. The number of carboxylic acids is 1. The molecule has 1 atom stereocenters. The smallest absolute Gasteiger partial charge is 0.335 e. The van der Waals surface area contributed by atoms with E-state index in [1.807, 2.05) is 0 Å². The Hall–Kier alpha value is -1.31. The molecule has 1 aromatic carbocycles. The summed E-state index contributed by atoms with van der Waals surface area (Å²) in [6.07, 6.45) is 0.385. The van der Waals surface area contributed by atoms with Crippen molar-refractivity contribution in [1.29, 1.82) is 0 Å². The highest BCUT2D eigenvalue weighted by Crippen LogP contribution is 2.30. The van der Waals surface area contributed by atoms with E-state index in [-0.39, 0.29) is 22.3 Å². The van der Waals surface area contributed by atoms with Gasteiger partial charge in [0.25, 0.3) is 9.05 Å². The zero-order chi connectivity index (χ0) is 14.0. The summed E-state index contributed by atoms with van der Waals surface area (Å²) in [6.45, 7) is 0.906. The van der Waals surface area contributed by atoms with Crippen LogP contribution in [0.2, 0.25) is 0 Å². The molecule has 0 aromatic heterocycles. The van der Waals surface area contributed by atoms with Gasteiger partial charge in [-0.05, 0) is 18.2 Å². The van der Waals surface area contributed by atoms with Crippen LogP contribution in [0.5, 0.6) is 5.75 Å². The average Bonchev–Trinajstić information content (AvgIpc) is 2.80. The monoisotopic (exact) mass is 306 g/mol. The van der Waals surface area contributed by atoms with E-state index in [2.05, 4.69) is 0 Å². The number of benzene rings is 1. The maximum atomic E-state index is 11.5. The first-order valence-corrected chi connectivity index (χ1v) is 7.75. The zero-order valence-corrected chi connectivity index (χ0v) is 11.3. The molecule has 0 bridgehead atoms. The topological polar surface area (TPSA) is 89.9 Å². The van der Waals surface area contributed by atoms with Crippen molar-refractivity contribution in [2.45, 2.75) is 17.4 Å². The van der Waals surface area contributed by atoms with Gasteiger partial charge in [-0.2, -0.15) is 0 Å². The Balaban J connectivity index is 2.39. The summed E-state index contributed by atoms with van der Waals surface area (Å²) in [5.74, 6) is -1.20. The molecule has 1 aliphatic heterocycles. The lowest BCUT2D eigenvalue weighted by molar-refractivity contribution is 0.0696. The number of hydrogen-bond donors (Lipinski definition) is 1. The van der Waals surface area contributed by atoms with Crippen LogP contribution in [0.4, 0.5) is 0 Å². The summed E-state index contributed by atoms with van der Waals surface area (Å²) in [6, 6.07) is 3.53. The lowest BCUT2D eigenvalue weighted by Gasteiger charge is -2.14. The molecule has 0 radical (unpaired) electrons.